The molecule has 8 heteroatoms. The van der Waals surface area contributed by atoms with Crippen LogP contribution in [0.2, 0.25) is 0 Å². The summed E-state index contributed by atoms with van der Waals surface area (Å²) >= 11 is 0. The maximum Gasteiger partial charge on any atom is 0.244 e. The molecule has 3 aromatic rings. The second kappa shape index (κ2) is 10.0. The molecule has 174 valence electrons. The van der Waals surface area contributed by atoms with Crippen LogP contribution in [0, 0.1) is 6.92 Å². The summed E-state index contributed by atoms with van der Waals surface area (Å²) in [6.45, 7) is 6.94. The van der Waals surface area contributed by atoms with E-state index in [-0.39, 0.29) is 11.9 Å². The summed E-state index contributed by atoms with van der Waals surface area (Å²) in [7, 11) is 3.19. The van der Waals surface area contributed by atoms with E-state index in [4.69, 9.17) is 14.0 Å². The zero-order chi connectivity index (χ0) is 23.4. The second-order valence-corrected chi connectivity index (χ2v) is 8.28. The quantitative estimate of drug-likeness (QED) is 0.545. The van der Waals surface area contributed by atoms with Crippen molar-refractivity contribution < 1.29 is 18.8 Å². The molecule has 0 spiro atoms. The smallest absolute Gasteiger partial charge is 0.244 e. The number of hydrogen-bond acceptors (Lipinski definition) is 7. The van der Waals surface area contributed by atoms with Crippen LogP contribution in [-0.4, -0.2) is 66.2 Å². The average Bonchev–Trinajstić information content (AvgIpc) is 3.34. The first-order valence-corrected chi connectivity index (χ1v) is 11.1. The van der Waals surface area contributed by atoms with Gasteiger partial charge in [0.2, 0.25) is 17.6 Å². The fourth-order valence-electron chi connectivity index (χ4n) is 4.02. The Morgan fingerprint density at radius 3 is 2.39 bits per heavy atom. The van der Waals surface area contributed by atoms with Gasteiger partial charge in [0, 0.05) is 31.7 Å². The van der Waals surface area contributed by atoms with E-state index in [0.717, 1.165) is 24.2 Å². The van der Waals surface area contributed by atoms with Crippen molar-refractivity contribution in [1.82, 2.24) is 19.9 Å². The van der Waals surface area contributed by atoms with E-state index in [9.17, 15) is 4.79 Å². The molecule has 8 nitrogen and oxygen atoms in total. The third-order valence-corrected chi connectivity index (χ3v) is 6.13. The fraction of sp³-hybridized carbons (Fsp3) is 0.400. The number of rotatable bonds is 7. The van der Waals surface area contributed by atoms with Crippen molar-refractivity contribution in [3.05, 3.63) is 59.5 Å². The van der Waals surface area contributed by atoms with Crippen molar-refractivity contribution in [1.29, 1.82) is 0 Å². The van der Waals surface area contributed by atoms with Crippen LogP contribution in [0.1, 0.15) is 30.0 Å². The zero-order valence-electron chi connectivity index (χ0n) is 19.6. The van der Waals surface area contributed by atoms with Crippen LogP contribution in [0.25, 0.3) is 11.4 Å². The molecular formula is C25H30N4O4. The highest BCUT2D eigenvalue weighted by Crippen LogP contribution is 2.28. The number of aromatic nitrogens is 2. The lowest BCUT2D eigenvalue weighted by Crippen LogP contribution is -2.49. The lowest BCUT2D eigenvalue weighted by atomic mass is 10.1. The number of amides is 1. The Balaban J connectivity index is 1.33. The topological polar surface area (TPSA) is 80.9 Å². The van der Waals surface area contributed by atoms with Crippen molar-refractivity contribution in [3.63, 3.8) is 0 Å². The molecule has 0 saturated carbocycles. The highest BCUT2D eigenvalue weighted by molar-refractivity contribution is 5.79. The van der Waals surface area contributed by atoms with Gasteiger partial charge in [-0.05, 0) is 31.5 Å². The van der Waals surface area contributed by atoms with Gasteiger partial charge in [0.15, 0.2) is 11.5 Å². The zero-order valence-corrected chi connectivity index (χ0v) is 19.6. The Morgan fingerprint density at radius 2 is 1.73 bits per heavy atom. The standard InChI is InChI=1S/C25H30N4O4/c1-17-5-8-20(9-6-17)24-26-25(33-27-24)18(2)28-11-13-29(14-12-28)23(30)16-19-7-10-21(31-3)22(15-19)32-4/h5-10,15,18H,11-14,16H2,1-4H3. The second-order valence-electron chi connectivity index (χ2n) is 8.28. The third kappa shape index (κ3) is 5.17. The molecule has 1 aromatic heterocycles. The van der Waals surface area contributed by atoms with E-state index in [1.54, 1.807) is 14.2 Å². The van der Waals surface area contributed by atoms with E-state index in [1.165, 1.54) is 5.56 Å². The Labute approximate surface area is 194 Å². The molecular weight excluding hydrogens is 420 g/mol. The van der Waals surface area contributed by atoms with Gasteiger partial charge in [-0.15, -0.1) is 0 Å². The minimum Gasteiger partial charge on any atom is -0.493 e. The van der Waals surface area contributed by atoms with Crippen molar-refractivity contribution in [2.75, 3.05) is 40.4 Å². The van der Waals surface area contributed by atoms with Crippen LogP contribution < -0.4 is 9.47 Å². The molecule has 0 aliphatic carbocycles. The molecule has 2 heterocycles. The van der Waals surface area contributed by atoms with Crippen LogP contribution >= 0.6 is 0 Å². The van der Waals surface area contributed by atoms with Gasteiger partial charge in [0.25, 0.3) is 0 Å². The van der Waals surface area contributed by atoms with Crippen molar-refractivity contribution in [3.8, 4) is 22.9 Å². The molecule has 1 amide bonds. The monoisotopic (exact) mass is 450 g/mol. The summed E-state index contributed by atoms with van der Waals surface area (Å²) in [5, 5.41) is 4.15. The van der Waals surface area contributed by atoms with Crippen LogP contribution in [0.15, 0.2) is 47.0 Å². The van der Waals surface area contributed by atoms with Crippen LogP contribution in [-0.2, 0) is 11.2 Å². The molecule has 1 atom stereocenters. The number of carbonyl (C=O) groups excluding carboxylic acids is 1. The summed E-state index contributed by atoms with van der Waals surface area (Å²) in [6.07, 6.45) is 0.333. The summed E-state index contributed by atoms with van der Waals surface area (Å²) in [5.41, 5.74) is 3.03. The molecule has 33 heavy (non-hydrogen) atoms. The Kier molecular flexibility index (Phi) is 6.93. The Bertz CT molecular complexity index is 1090. The number of piperazine rings is 1. The third-order valence-electron chi connectivity index (χ3n) is 6.13. The van der Waals surface area contributed by atoms with Gasteiger partial charge in [-0.2, -0.15) is 4.98 Å². The Hall–Kier alpha value is -3.39. The normalized spacial score (nSPS) is 15.3. The van der Waals surface area contributed by atoms with E-state index in [1.807, 2.05) is 54.3 Å². The molecule has 1 unspecified atom stereocenters. The van der Waals surface area contributed by atoms with Gasteiger partial charge in [-0.1, -0.05) is 41.1 Å². The number of aryl methyl sites for hydroxylation is 1. The number of carbonyl (C=O) groups is 1. The SMILES string of the molecule is COc1ccc(CC(=O)N2CCN(C(C)c3nc(-c4ccc(C)cc4)no3)CC2)cc1OC. The lowest BCUT2D eigenvalue weighted by Gasteiger charge is -2.36. The molecule has 0 bridgehead atoms. The minimum absolute atomic E-state index is 0.0141. The Morgan fingerprint density at radius 1 is 1.03 bits per heavy atom. The van der Waals surface area contributed by atoms with Gasteiger partial charge in [0.1, 0.15) is 0 Å². The van der Waals surface area contributed by atoms with Gasteiger partial charge in [0.05, 0.1) is 26.7 Å². The van der Waals surface area contributed by atoms with Gasteiger partial charge >= 0.3 is 0 Å². The summed E-state index contributed by atoms with van der Waals surface area (Å²) in [6, 6.07) is 13.6. The van der Waals surface area contributed by atoms with E-state index < -0.39 is 0 Å². The van der Waals surface area contributed by atoms with Gasteiger partial charge < -0.3 is 18.9 Å². The predicted octanol–water partition coefficient (Wildman–Crippen LogP) is 3.51. The summed E-state index contributed by atoms with van der Waals surface area (Å²) < 4.78 is 16.2. The lowest BCUT2D eigenvalue weighted by molar-refractivity contribution is -0.132. The van der Waals surface area contributed by atoms with Crippen molar-refractivity contribution in [2.45, 2.75) is 26.3 Å². The molecule has 2 aromatic carbocycles. The molecule has 0 radical (unpaired) electrons. The fourth-order valence-corrected chi connectivity index (χ4v) is 4.02. The first kappa shape index (κ1) is 22.8. The maximum absolute atomic E-state index is 12.8. The number of methoxy groups -OCH3 is 2. The highest BCUT2D eigenvalue weighted by atomic mass is 16.5. The van der Waals surface area contributed by atoms with Crippen LogP contribution in [0.3, 0.4) is 0 Å². The highest BCUT2D eigenvalue weighted by Gasteiger charge is 2.28. The molecule has 4 rings (SSSR count). The molecule has 1 fully saturated rings. The van der Waals surface area contributed by atoms with Gasteiger partial charge in [-0.3, -0.25) is 9.69 Å². The van der Waals surface area contributed by atoms with Gasteiger partial charge in [-0.25, -0.2) is 0 Å². The van der Waals surface area contributed by atoms with E-state index in [0.29, 0.717) is 42.7 Å². The van der Waals surface area contributed by atoms with E-state index >= 15 is 0 Å². The molecule has 1 aliphatic rings. The average molecular weight is 451 g/mol. The van der Waals surface area contributed by atoms with Crippen LogP contribution in [0.4, 0.5) is 0 Å². The van der Waals surface area contributed by atoms with E-state index in [2.05, 4.69) is 22.0 Å². The largest absolute Gasteiger partial charge is 0.493 e. The number of hydrogen-bond donors (Lipinski definition) is 0. The van der Waals surface area contributed by atoms with Crippen molar-refractivity contribution in [2.24, 2.45) is 0 Å². The predicted molar refractivity (Wildman–Crippen MR) is 124 cm³/mol. The maximum atomic E-state index is 12.8. The molecule has 1 aliphatic heterocycles. The van der Waals surface area contributed by atoms with Crippen molar-refractivity contribution >= 4 is 5.91 Å². The molecule has 1 saturated heterocycles. The minimum atomic E-state index is -0.0141. The number of benzene rings is 2. The molecule has 0 N–H and O–H groups in total. The number of ether oxygens (including phenoxy) is 2. The summed E-state index contributed by atoms with van der Waals surface area (Å²) in [5.74, 6) is 2.58. The van der Waals surface area contributed by atoms with Crippen LogP contribution in [0.5, 0.6) is 11.5 Å². The number of nitrogens with zero attached hydrogens (tertiary/aromatic N) is 4. The summed E-state index contributed by atoms with van der Waals surface area (Å²) in [4.78, 5) is 21.6. The first-order valence-electron chi connectivity index (χ1n) is 11.1. The first-order chi connectivity index (χ1) is 16.0.